The molecule has 0 aromatic carbocycles. The van der Waals surface area contributed by atoms with Crippen molar-refractivity contribution >= 4 is 34.5 Å². The standard InChI is InChI=1S/C23H40INO3/c1-2-3-4-5-10-13-16-21-28-23(27)17-14-11-8-6-7-9-12-15-20-25-22(26)18-19-24/h2-17,20-21H2,1H3,(H,25,26). The summed E-state index contributed by atoms with van der Waals surface area (Å²) >= 11 is 1.86. The lowest BCUT2D eigenvalue weighted by atomic mass is 10.1. The number of carbonyl (C=O) groups is 2. The second-order valence-electron chi connectivity index (χ2n) is 7.40. The van der Waals surface area contributed by atoms with Gasteiger partial charge in [0.25, 0.3) is 5.91 Å². The highest BCUT2D eigenvalue weighted by atomic mass is 127. The van der Waals surface area contributed by atoms with E-state index in [0.717, 1.165) is 32.1 Å². The lowest BCUT2D eigenvalue weighted by molar-refractivity contribution is -0.143. The molecule has 162 valence electrons. The maximum Gasteiger partial charge on any atom is 0.305 e. The molecule has 0 aliphatic rings. The van der Waals surface area contributed by atoms with E-state index in [1.54, 1.807) is 0 Å². The zero-order chi connectivity index (χ0) is 20.7. The molecule has 1 N–H and O–H groups in total. The van der Waals surface area contributed by atoms with Crippen molar-refractivity contribution in [3.8, 4) is 9.85 Å². The molecule has 4 nitrogen and oxygen atoms in total. The molecule has 0 atom stereocenters. The van der Waals surface area contributed by atoms with Crippen LogP contribution in [0.3, 0.4) is 0 Å². The van der Waals surface area contributed by atoms with Gasteiger partial charge in [0.15, 0.2) is 0 Å². The summed E-state index contributed by atoms with van der Waals surface area (Å²) in [6.07, 6.45) is 18.3. The van der Waals surface area contributed by atoms with E-state index in [9.17, 15) is 9.59 Å². The van der Waals surface area contributed by atoms with Crippen LogP contribution in [0.5, 0.6) is 0 Å². The van der Waals surface area contributed by atoms with E-state index in [4.69, 9.17) is 4.74 Å². The molecule has 0 aliphatic heterocycles. The number of carbonyl (C=O) groups excluding carboxylic acids is 2. The van der Waals surface area contributed by atoms with Gasteiger partial charge in [-0.05, 0) is 23.2 Å². The summed E-state index contributed by atoms with van der Waals surface area (Å²) in [5.41, 5.74) is 0. The molecule has 1 amide bonds. The Bertz CT molecular complexity index is 443. The molecule has 28 heavy (non-hydrogen) atoms. The maximum absolute atomic E-state index is 11.7. The third-order valence-electron chi connectivity index (χ3n) is 4.76. The second-order valence-corrected chi connectivity index (χ2v) is 7.93. The molecule has 0 aromatic heterocycles. The minimum Gasteiger partial charge on any atom is -0.466 e. The third kappa shape index (κ3) is 21.5. The molecule has 5 heteroatoms. The monoisotopic (exact) mass is 505 g/mol. The number of ether oxygens (including phenoxy) is 1. The molecule has 0 heterocycles. The molecule has 0 unspecified atom stereocenters. The average Bonchev–Trinajstić information content (AvgIpc) is 2.68. The fourth-order valence-electron chi connectivity index (χ4n) is 3.06. The van der Waals surface area contributed by atoms with Gasteiger partial charge in [-0.25, -0.2) is 0 Å². The highest BCUT2D eigenvalue weighted by Crippen LogP contribution is 2.10. The van der Waals surface area contributed by atoms with Crippen molar-refractivity contribution in [2.45, 2.75) is 110 Å². The molecule has 0 saturated heterocycles. The molecule has 0 rings (SSSR count). The van der Waals surface area contributed by atoms with Crippen LogP contribution in [0.25, 0.3) is 0 Å². The first-order valence-electron chi connectivity index (χ1n) is 11.3. The Kier molecular flexibility index (Phi) is 21.9. The van der Waals surface area contributed by atoms with Crippen LogP contribution in [0.15, 0.2) is 0 Å². The van der Waals surface area contributed by atoms with Crippen LogP contribution >= 0.6 is 22.6 Å². The van der Waals surface area contributed by atoms with Crippen LogP contribution < -0.4 is 5.32 Å². The van der Waals surface area contributed by atoms with Crippen LogP contribution in [0.1, 0.15) is 110 Å². The van der Waals surface area contributed by atoms with Gasteiger partial charge < -0.3 is 10.1 Å². The van der Waals surface area contributed by atoms with Crippen molar-refractivity contribution < 1.29 is 14.3 Å². The van der Waals surface area contributed by atoms with Crippen LogP contribution in [-0.4, -0.2) is 25.0 Å². The number of unbranched alkanes of at least 4 members (excludes halogenated alkanes) is 13. The lowest BCUT2D eigenvalue weighted by Gasteiger charge is -2.05. The van der Waals surface area contributed by atoms with Gasteiger partial charge >= 0.3 is 5.97 Å². The molecule has 0 aliphatic carbocycles. The predicted octanol–water partition coefficient (Wildman–Crippen LogP) is 6.30. The molecule has 0 aromatic rings. The van der Waals surface area contributed by atoms with Crippen molar-refractivity contribution in [2.24, 2.45) is 0 Å². The van der Waals surface area contributed by atoms with Gasteiger partial charge in [0.2, 0.25) is 0 Å². The number of nitrogens with one attached hydrogen (secondary N) is 1. The predicted molar refractivity (Wildman–Crippen MR) is 125 cm³/mol. The smallest absolute Gasteiger partial charge is 0.305 e. The Labute approximate surface area is 186 Å². The Hall–Kier alpha value is -0.770. The van der Waals surface area contributed by atoms with Crippen LogP contribution in [0.2, 0.25) is 0 Å². The molecular formula is C23H40INO3. The molecule has 0 bridgehead atoms. The van der Waals surface area contributed by atoms with Crippen LogP contribution in [0, 0.1) is 9.85 Å². The first-order valence-corrected chi connectivity index (χ1v) is 12.3. The summed E-state index contributed by atoms with van der Waals surface area (Å²) in [5.74, 6) is 2.25. The zero-order valence-electron chi connectivity index (χ0n) is 17.8. The van der Waals surface area contributed by atoms with Gasteiger partial charge in [0.05, 0.1) is 6.61 Å². The van der Waals surface area contributed by atoms with E-state index in [2.05, 4.69) is 22.1 Å². The van der Waals surface area contributed by atoms with E-state index < -0.39 is 0 Å². The summed E-state index contributed by atoms with van der Waals surface area (Å²) < 4.78 is 7.87. The summed E-state index contributed by atoms with van der Waals surface area (Å²) in [7, 11) is 0. The van der Waals surface area contributed by atoms with Gasteiger partial charge in [0, 0.05) is 41.5 Å². The Morgan fingerprint density at radius 2 is 1.32 bits per heavy atom. The highest BCUT2D eigenvalue weighted by Gasteiger charge is 2.02. The topological polar surface area (TPSA) is 55.4 Å². The third-order valence-corrected chi connectivity index (χ3v) is 5.03. The fraction of sp³-hybridized carbons (Fsp3) is 0.826. The molecular weight excluding hydrogens is 465 g/mol. The number of esters is 1. The number of halogens is 1. The molecule has 0 radical (unpaired) electrons. The van der Waals surface area contributed by atoms with Gasteiger partial charge in [-0.15, -0.1) is 0 Å². The fourth-order valence-corrected chi connectivity index (χ4v) is 3.31. The highest BCUT2D eigenvalue weighted by molar-refractivity contribution is 14.1. The van der Waals surface area contributed by atoms with Gasteiger partial charge in [-0.3, -0.25) is 9.59 Å². The largest absolute Gasteiger partial charge is 0.466 e. The minimum atomic E-state index is -0.185. The van der Waals surface area contributed by atoms with E-state index in [1.807, 2.05) is 22.6 Å². The quantitative estimate of drug-likeness (QED) is 0.0970. The summed E-state index contributed by atoms with van der Waals surface area (Å²) in [6, 6.07) is 0. The van der Waals surface area contributed by atoms with Crippen molar-refractivity contribution in [2.75, 3.05) is 13.2 Å². The molecule has 0 saturated carbocycles. The van der Waals surface area contributed by atoms with E-state index >= 15 is 0 Å². The van der Waals surface area contributed by atoms with Gasteiger partial charge in [0.1, 0.15) is 0 Å². The number of hydrogen-bond donors (Lipinski definition) is 1. The molecule has 0 spiro atoms. The Morgan fingerprint density at radius 1 is 0.786 bits per heavy atom. The number of hydrogen-bond acceptors (Lipinski definition) is 3. The minimum absolute atomic E-state index is 0.0275. The summed E-state index contributed by atoms with van der Waals surface area (Å²) in [5, 5.41) is 2.78. The van der Waals surface area contributed by atoms with E-state index in [1.165, 1.54) is 64.2 Å². The van der Waals surface area contributed by atoms with Crippen molar-refractivity contribution in [3.05, 3.63) is 0 Å². The number of rotatable bonds is 19. The lowest BCUT2D eigenvalue weighted by Crippen LogP contribution is -2.22. The second kappa shape index (κ2) is 22.5. The molecule has 0 fully saturated rings. The average molecular weight is 505 g/mol. The van der Waals surface area contributed by atoms with Gasteiger partial charge in [-0.2, -0.15) is 0 Å². The van der Waals surface area contributed by atoms with Crippen molar-refractivity contribution in [1.82, 2.24) is 5.32 Å². The normalized spacial score (nSPS) is 10.2. The first-order chi connectivity index (χ1) is 13.7. The van der Waals surface area contributed by atoms with Crippen LogP contribution in [0.4, 0.5) is 0 Å². The van der Waals surface area contributed by atoms with Crippen molar-refractivity contribution in [1.29, 1.82) is 0 Å². The SMILES string of the molecule is CCCCCCCCCOC(=O)CCCCCCCCCCNC(=O)C#CI. The zero-order valence-corrected chi connectivity index (χ0v) is 20.0. The van der Waals surface area contributed by atoms with E-state index in [-0.39, 0.29) is 11.9 Å². The maximum atomic E-state index is 11.7. The van der Waals surface area contributed by atoms with Crippen molar-refractivity contribution in [3.63, 3.8) is 0 Å². The van der Waals surface area contributed by atoms with Crippen LogP contribution in [-0.2, 0) is 14.3 Å². The Balaban J connectivity index is 3.21. The summed E-state index contributed by atoms with van der Waals surface area (Å²) in [4.78, 5) is 22.8. The number of amides is 1. The van der Waals surface area contributed by atoms with E-state index in [0.29, 0.717) is 19.6 Å². The first kappa shape index (κ1) is 27.2. The Morgan fingerprint density at radius 3 is 1.93 bits per heavy atom. The summed E-state index contributed by atoms with van der Waals surface area (Å²) in [6.45, 7) is 3.54. The van der Waals surface area contributed by atoms with Gasteiger partial charge in [-0.1, -0.05) is 84.0 Å².